The van der Waals surface area contributed by atoms with Crippen LogP contribution in [0.15, 0.2) is 18.2 Å². The predicted molar refractivity (Wildman–Crippen MR) is 86.9 cm³/mol. The van der Waals surface area contributed by atoms with E-state index in [1.54, 1.807) is 27.7 Å². The summed E-state index contributed by atoms with van der Waals surface area (Å²) in [6.07, 6.45) is -5.12. The van der Waals surface area contributed by atoms with Gasteiger partial charge in [-0.3, -0.25) is 4.79 Å². The molecule has 1 saturated heterocycles. The first-order valence-electron chi connectivity index (χ1n) is 8.07. The molecular formula is C17H21BF4O4. The summed E-state index contributed by atoms with van der Waals surface area (Å²) in [4.78, 5) is 11.8. The minimum atomic E-state index is -4.86. The monoisotopic (exact) mass is 376 g/mol. The van der Waals surface area contributed by atoms with E-state index in [2.05, 4.69) is 4.74 Å². The number of rotatable bonds is 4. The van der Waals surface area contributed by atoms with Crippen molar-refractivity contribution in [1.82, 2.24) is 0 Å². The van der Waals surface area contributed by atoms with E-state index in [0.29, 0.717) is 6.07 Å². The highest BCUT2D eigenvalue weighted by atomic mass is 19.4. The molecule has 1 aliphatic heterocycles. The van der Waals surface area contributed by atoms with E-state index >= 15 is 0 Å². The second-order valence-electron chi connectivity index (χ2n) is 7.25. The first-order chi connectivity index (χ1) is 11.8. The smallest absolute Gasteiger partial charge is 0.466 e. The number of benzene rings is 1. The van der Waals surface area contributed by atoms with Gasteiger partial charge in [0.15, 0.2) is 0 Å². The average Bonchev–Trinajstić information content (AvgIpc) is 2.72. The second-order valence-corrected chi connectivity index (χ2v) is 7.25. The maximum atomic E-state index is 13.6. The zero-order valence-corrected chi connectivity index (χ0v) is 15.2. The number of hydrogen-bond acceptors (Lipinski definition) is 4. The molecule has 2 rings (SSSR count). The van der Waals surface area contributed by atoms with E-state index < -0.39 is 47.7 Å². The van der Waals surface area contributed by atoms with Crippen molar-refractivity contribution in [3.8, 4) is 0 Å². The van der Waals surface area contributed by atoms with E-state index in [1.807, 2.05) is 0 Å². The third-order valence-corrected chi connectivity index (χ3v) is 4.94. The average molecular weight is 376 g/mol. The van der Waals surface area contributed by atoms with Crippen LogP contribution in [0.4, 0.5) is 17.6 Å². The number of ether oxygens (including phenoxy) is 1. The Kier molecular flexibility index (Phi) is 5.45. The van der Waals surface area contributed by atoms with Crippen molar-refractivity contribution in [3.05, 3.63) is 35.1 Å². The lowest BCUT2D eigenvalue weighted by atomic mass is 9.66. The van der Waals surface area contributed by atoms with Crippen LogP contribution in [0, 0.1) is 5.82 Å². The van der Waals surface area contributed by atoms with E-state index in [1.165, 1.54) is 13.2 Å². The van der Waals surface area contributed by atoms with Gasteiger partial charge in [-0.2, -0.15) is 13.2 Å². The van der Waals surface area contributed by atoms with Crippen molar-refractivity contribution < 1.29 is 36.4 Å². The molecule has 0 amide bonds. The molecule has 0 aliphatic carbocycles. The molecule has 26 heavy (non-hydrogen) atoms. The fourth-order valence-corrected chi connectivity index (χ4v) is 2.68. The van der Waals surface area contributed by atoms with Crippen LogP contribution in [0.3, 0.4) is 0 Å². The summed E-state index contributed by atoms with van der Waals surface area (Å²) in [6, 6.07) is 2.62. The van der Waals surface area contributed by atoms with E-state index in [9.17, 15) is 22.4 Å². The highest BCUT2D eigenvalue weighted by Crippen LogP contribution is 2.42. The summed E-state index contributed by atoms with van der Waals surface area (Å²) >= 11 is 0. The minimum absolute atomic E-state index is 0.0858. The van der Waals surface area contributed by atoms with Gasteiger partial charge in [-0.15, -0.1) is 0 Å². The molecule has 9 heteroatoms. The van der Waals surface area contributed by atoms with Gasteiger partial charge in [0.25, 0.3) is 0 Å². The summed E-state index contributed by atoms with van der Waals surface area (Å²) in [5.74, 6) is -2.90. The highest BCUT2D eigenvalue weighted by molar-refractivity contribution is 6.48. The number of esters is 1. The van der Waals surface area contributed by atoms with Crippen LogP contribution in [-0.2, 0) is 25.0 Å². The standard InChI is InChI=1S/C17H21BF4O4/c1-15(2)16(3,4)26-18(25-15)12(9-14(23)24-5)10-6-7-13(19)11(8-10)17(20,21)22/h6-8,12H,9H2,1-5H3. The van der Waals surface area contributed by atoms with Gasteiger partial charge in [-0.1, -0.05) is 6.07 Å². The molecule has 0 radical (unpaired) electrons. The van der Waals surface area contributed by atoms with Gasteiger partial charge in [0.2, 0.25) is 0 Å². The van der Waals surface area contributed by atoms with Crippen molar-refractivity contribution in [3.63, 3.8) is 0 Å². The van der Waals surface area contributed by atoms with Gasteiger partial charge >= 0.3 is 19.3 Å². The van der Waals surface area contributed by atoms with Crippen LogP contribution in [-0.4, -0.2) is 31.4 Å². The lowest BCUT2D eigenvalue weighted by Crippen LogP contribution is -2.41. The summed E-state index contributed by atoms with van der Waals surface area (Å²) in [5.41, 5.74) is -2.79. The number of halogens is 4. The lowest BCUT2D eigenvalue weighted by Gasteiger charge is -2.32. The van der Waals surface area contributed by atoms with Crippen molar-refractivity contribution in [2.24, 2.45) is 0 Å². The van der Waals surface area contributed by atoms with Gasteiger partial charge in [0.05, 0.1) is 30.3 Å². The van der Waals surface area contributed by atoms with Crippen molar-refractivity contribution in [2.45, 2.75) is 57.3 Å². The Morgan fingerprint density at radius 2 is 1.73 bits per heavy atom. The molecule has 4 nitrogen and oxygen atoms in total. The van der Waals surface area contributed by atoms with Crippen molar-refractivity contribution in [1.29, 1.82) is 0 Å². The Labute approximate surface area is 149 Å². The van der Waals surface area contributed by atoms with Crippen LogP contribution in [0.5, 0.6) is 0 Å². The van der Waals surface area contributed by atoms with Crippen LogP contribution in [0.2, 0.25) is 0 Å². The molecule has 1 aromatic rings. The van der Waals surface area contributed by atoms with Gasteiger partial charge in [-0.25, -0.2) is 4.39 Å². The topological polar surface area (TPSA) is 44.8 Å². The molecule has 1 fully saturated rings. The Bertz CT molecular complexity index is 672. The third-order valence-electron chi connectivity index (χ3n) is 4.94. The molecule has 1 aliphatic rings. The molecule has 144 valence electrons. The Morgan fingerprint density at radius 1 is 1.19 bits per heavy atom. The lowest BCUT2D eigenvalue weighted by molar-refractivity contribution is -0.141. The second kappa shape index (κ2) is 6.85. The van der Waals surface area contributed by atoms with E-state index in [0.717, 1.165) is 6.07 Å². The van der Waals surface area contributed by atoms with Crippen molar-refractivity contribution in [2.75, 3.05) is 7.11 Å². The van der Waals surface area contributed by atoms with E-state index in [-0.39, 0.29) is 12.0 Å². The fraction of sp³-hybridized carbons (Fsp3) is 0.588. The zero-order valence-electron chi connectivity index (χ0n) is 15.2. The zero-order chi connectivity index (χ0) is 19.9. The van der Waals surface area contributed by atoms with Crippen LogP contribution in [0.25, 0.3) is 0 Å². The molecule has 0 saturated carbocycles. The molecule has 0 aromatic heterocycles. The number of carbonyl (C=O) groups is 1. The number of alkyl halides is 3. The molecule has 1 atom stereocenters. The first-order valence-corrected chi connectivity index (χ1v) is 8.07. The summed E-state index contributed by atoms with van der Waals surface area (Å²) < 4.78 is 69.2. The van der Waals surface area contributed by atoms with E-state index in [4.69, 9.17) is 9.31 Å². The fourth-order valence-electron chi connectivity index (χ4n) is 2.68. The Balaban J connectivity index is 2.45. The summed E-state index contributed by atoms with van der Waals surface area (Å²) in [6.45, 7) is 7.14. The molecule has 0 bridgehead atoms. The quantitative estimate of drug-likeness (QED) is 0.451. The largest absolute Gasteiger partial charge is 0.469 e. The van der Waals surface area contributed by atoms with Crippen LogP contribution in [0.1, 0.15) is 51.1 Å². The number of methoxy groups -OCH3 is 1. The minimum Gasteiger partial charge on any atom is -0.469 e. The normalized spacial score (nSPS) is 20.1. The SMILES string of the molecule is COC(=O)CC(B1OC(C)(C)C(C)(C)O1)c1ccc(F)c(C(F)(F)F)c1. The van der Waals surface area contributed by atoms with Gasteiger partial charge in [0, 0.05) is 5.82 Å². The van der Waals surface area contributed by atoms with Gasteiger partial charge in [-0.05, 0) is 45.4 Å². The maximum absolute atomic E-state index is 13.6. The Hall–Kier alpha value is -1.61. The Morgan fingerprint density at radius 3 is 2.19 bits per heavy atom. The molecule has 1 aromatic carbocycles. The first kappa shape index (κ1) is 20.7. The van der Waals surface area contributed by atoms with Gasteiger partial charge < -0.3 is 14.0 Å². The number of carbonyl (C=O) groups excluding carboxylic acids is 1. The van der Waals surface area contributed by atoms with Crippen molar-refractivity contribution >= 4 is 13.1 Å². The molecule has 1 heterocycles. The van der Waals surface area contributed by atoms with Crippen LogP contribution < -0.4 is 0 Å². The maximum Gasteiger partial charge on any atom is 0.466 e. The number of hydrogen-bond donors (Lipinski definition) is 0. The highest BCUT2D eigenvalue weighted by Gasteiger charge is 2.54. The summed E-state index contributed by atoms with van der Waals surface area (Å²) in [7, 11) is 0.195. The summed E-state index contributed by atoms with van der Waals surface area (Å²) in [5, 5.41) is 0. The molecule has 1 unspecified atom stereocenters. The molecule has 0 spiro atoms. The van der Waals surface area contributed by atoms with Gasteiger partial charge in [0.1, 0.15) is 5.82 Å². The van der Waals surface area contributed by atoms with Crippen LogP contribution >= 0.6 is 0 Å². The molecule has 0 N–H and O–H groups in total. The third kappa shape index (κ3) is 4.04. The predicted octanol–water partition coefficient (Wildman–Crippen LogP) is 4.12. The molecular weight excluding hydrogens is 355 g/mol.